The van der Waals surface area contributed by atoms with Crippen LogP contribution in [0.15, 0.2) is 48.8 Å². The average Bonchev–Trinajstić information content (AvgIpc) is 2.62. The van der Waals surface area contributed by atoms with Gasteiger partial charge in [-0.2, -0.15) is 0 Å². The van der Waals surface area contributed by atoms with Crippen molar-refractivity contribution in [2.45, 2.75) is 45.1 Å². The predicted molar refractivity (Wildman–Crippen MR) is 113 cm³/mol. The third kappa shape index (κ3) is 8.17. The van der Waals surface area contributed by atoms with E-state index in [1.807, 2.05) is 19.1 Å². The fraction of sp³-hybridized carbons (Fsp3) is 0.400. The van der Waals surface area contributed by atoms with Gasteiger partial charge in [-0.1, -0.05) is 37.1 Å². The van der Waals surface area contributed by atoms with Crippen LogP contribution in [0.3, 0.4) is 0 Å². The highest BCUT2D eigenvalue weighted by molar-refractivity contribution is 5.85. The molecule has 0 aliphatic heterocycles. The minimum Gasteiger partial charge on any atom is -0.350 e. The van der Waals surface area contributed by atoms with E-state index in [-0.39, 0.29) is 36.8 Å². The number of aromatic nitrogens is 1. The largest absolute Gasteiger partial charge is 0.350 e. The molecule has 2 rings (SSSR count). The second-order valence-corrected chi connectivity index (χ2v) is 6.10. The molecule has 3 N–H and O–H groups in total. The van der Waals surface area contributed by atoms with Crippen molar-refractivity contribution in [1.29, 1.82) is 0 Å². The van der Waals surface area contributed by atoms with Gasteiger partial charge >= 0.3 is 0 Å². The van der Waals surface area contributed by atoms with E-state index in [9.17, 15) is 4.79 Å². The van der Waals surface area contributed by atoms with Crippen LogP contribution in [-0.4, -0.2) is 17.4 Å². The molecule has 1 heterocycles. The van der Waals surface area contributed by atoms with Crippen molar-refractivity contribution < 1.29 is 4.79 Å². The van der Waals surface area contributed by atoms with E-state index in [0.29, 0.717) is 6.42 Å². The number of nitrogens with one attached hydrogen (secondary N) is 1. The first kappa shape index (κ1) is 24.4. The summed E-state index contributed by atoms with van der Waals surface area (Å²) in [6, 6.07) is 12.3. The molecule has 0 bridgehead atoms. The van der Waals surface area contributed by atoms with Crippen LogP contribution in [0.4, 0.5) is 0 Å². The molecule has 1 amide bonds. The summed E-state index contributed by atoms with van der Waals surface area (Å²) in [6.07, 6.45) is 8.32. The van der Waals surface area contributed by atoms with Crippen molar-refractivity contribution in [1.82, 2.24) is 10.3 Å². The first-order valence-electron chi connectivity index (χ1n) is 8.70. The van der Waals surface area contributed by atoms with Crippen LogP contribution in [0, 0.1) is 0 Å². The lowest BCUT2D eigenvalue weighted by Crippen LogP contribution is -2.26. The molecule has 1 unspecified atom stereocenters. The molecule has 0 saturated carbocycles. The molecule has 1 aromatic heterocycles. The van der Waals surface area contributed by atoms with E-state index < -0.39 is 0 Å². The van der Waals surface area contributed by atoms with Gasteiger partial charge in [0, 0.05) is 18.8 Å². The van der Waals surface area contributed by atoms with Crippen LogP contribution in [0.2, 0.25) is 0 Å². The van der Waals surface area contributed by atoms with Gasteiger partial charge in [0.25, 0.3) is 0 Å². The van der Waals surface area contributed by atoms with Gasteiger partial charge in [0.2, 0.25) is 5.91 Å². The highest BCUT2D eigenvalue weighted by Gasteiger charge is 2.09. The van der Waals surface area contributed by atoms with Crippen LogP contribution in [0.1, 0.15) is 50.6 Å². The average molecular weight is 398 g/mol. The Balaban J connectivity index is 0.00000312. The second-order valence-electron chi connectivity index (χ2n) is 6.10. The Morgan fingerprint density at radius 1 is 0.962 bits per heavy atom. The van der Waals surface area contributed by atoms with Gasteiger partial charge in [-0.05, 0) is 55.1 Å². The molecule has 0 aliphatic carbocycles. The number of carbonyl (C=O) groups is 1. The maximum Gasteiger partial charge on any atom is 0.220 e. The molecule has 0 saturated heterocycles. The lowest BCUT2D eigenvalue weighted by atomic mass is 10.0. The van der Waals surface area contributed by atoms with E-state index in [2.05, 4.69) is 34.6 Å². The number of nitrogens with two attached hydrogens (primary N) is 1. The van der Waals surface area contributed by atoms with E-state index in [0.717, 1.165) is 48.9 Å². The van der Waals surface area contributed by atoms with Crippen molar-refractivity contribution in [3.05, 3.63) is 54.4 Å². The Kier molecular flexibility index (Phi) is 12.7. The quantitative estimate of drug-likeness (QED) is 0.603. The van der Waals surface area contributed by atoms with Crippen LogP contribution < -0.4 is 11.1 Å². The van der Waals surface area contributed by atoms with Gasteiger partial charge in [0.15, 0.2) is 0 Å². The highest BCUT2D eigenvalue weighted by atomic mass is 35.5. The van der Waals surface area contributed by atoms with E-state index in [1.165, 1.54) is 0 Å². The first-order chi connectivity index (χ1) is 11.7. The normalized spacial score (nSPS) is 11.0. The van der Waals surface area contributed by atoms with Gasteiger partial charge in [-0.25, -0.2) is 0 Å². The van der Waals surface area contributed by atoms with Crippen LogP contribution in [-0.2, 0) is 4.79 Å². The van der Waals surface area contributed by atoms with Gasteiger partial charge < -0.3 is 11.1 Å². The van der Waals surface area contributed by atoms with Gasteiger partial charge in [0.05, 0.1) is 6.04 Å². The molecular formula is C20H29Cl2N3O. The number of rotatable bonds is 9. The number of unbranched alkanes of at least 4 members (excludes halogenated alkanes) is 3. The number of benzene rings is 1. The molecule has 0 radical (unpaired) electrons. The van der Waals surface area contributed by atoms with Crippen molar-refractivity contribution >= 4 is 30.7 Å². The summed E-state index contributed by atoms with van der Waals surface area (Å²) in [5.74, 6) is 0.119. The summed E-state index contributed by atoms with van der Waals surface area (Å²) < 4.78 is 0. The third-order valence-corrected chi connectivity index (χ3v) is 4.16. The van der Waals surface area contributed by atoms with Crippen LogP contribution in [0.5, 0.6) is 0 Å². The Morgan fingerprint density at radius 3 is 2.15 bits per heavy atom. The predicted octanol–water partition coefficient (Wildman–Crippen LogP) is 4.68. The van der Waals surface area contributed by atoms with E-state index in [1.54, 1.807) is 12.4 Å². The standard InChI is InChI=1S/C20H27N3O.2ClH/c1-16(23-20(24)6-4-2-3-5-13-21)17-7-9-18(10-8-17)19-11-14-22-15-12-19;;/h7-12,14-16H,2-6,13,21H2,1H3,(H,23,24);2*1H. The number of nitrogens with zero attached hydrogens (tertiary/aromatic N) is 1. The number of hydrogen-bond donors (Lipinski definition) is 2. The SMILES string of the molecule is CC(NC(=O)CCCCCCN)c1ccc(-c2ccncc2)cc1.Cl.Cl. The molecule has 1 atom stereocenters. The van der Waals surface area contributed by atoms with Gasteiger partial charge in [-0.3, -0.25) is 9.78 Å². The fourth-order valence-electron chi connectivity index (χ4n) is 2.69. The maximum absolute atomic E-state index is 12.0. The molecule has 2 aromatic rings. The Labute approximate surface area is 168 Å². The summed E-state index contributed by atoms with van der Waals surface area (Å²) in [7, 11) is 0. The molecule has 0 aliphatic rings. The maximum atomic E-state index is 12.0. The molecule has 144 valence electrons. The summed E-state index contributed by atoms with van der Waals surface area (Å²) >= 11 is 0. The third-order valence-electron chi connectivity index (χ3n) is 4.16. The topological polar surface area (TPSA) is 68.0 Å². The zero-order chi connectivity index (χ0) is 17.2. The summed E-state index contributed by atoms with van der Waals surface area (Å²) in [5.41, 5.74) is 8.88. The highest BCUT2D eigenvalue weighted by Crippen LogP contribution is 2.21. The Hall–Kier alpha value is -1.62. The second kappa shape index (κ2) is 13.6. The van der Waals surface area contributed by atoms with Gasteiger partial charge in [0.1, 0.15) is 0 Å². The molecular weight excluding hydrogens is 369 g/mol. The molecule has 0 fully saturated rings. The van der Waals surface area contributed by atoms with E-state index >= 15 is 0 Å². The number of amides is 1. The van der Waals surface area contributed by atoms with Crippen molar-refractivity contribution in [2.24, 2.45) is 5.73 Å². The monoisotopic (exact) mass is 397 g/mol. The Bertz CT molecular complexity index is 621. The summed E-state index contributed by atoms with van der Waals surface area (Å²) in [5, 5.41) is 3.07. The zero-order valence-electron chi connectivity index (χ0n) is 15.2. The molecule has 0 spiro atoms. The lowest BCUT2D eigenvalue weighted by molar-refractivity contribution is -0.121. The molecule has 1 aromatic carbocycles. The zero-order valence-corrected chi connectivity index (χ0v) is 16.8. The minimum atomic E-state index is 0. The first-order valence-corrected chi connectivity index (χ1v) is 8.70. The van der Waals surface area contributed by atoms with Gasteiger partial charge in [-0.15, -0.1) is 24.8 Å². The summed E-state index contributed by atoms with van der Waals surface area (Å²) in [6.45, 7) is 2.76. The van der Waals surface area contributed by atoms with Crippen LogP contribution >= 0.6 is 24.8 Å². The molecule has 4 nitrogen and oxygen atoms in total. The molecule has 6 heteroatoms. The van der Waals surface area contributed by atoms with Crippen molar-refractivity contribution in [3.63, 3.8) is 0 Å². The number of carbonyl (C=O) groups excluding carboxylic acids is 1. The van der Waals surface area contributed by atoms with E-state index in [4.69, 9.17) is 5.73 Å². The molecule has 26 heavy (non-hydrogen) atoms. The van der Waals surface area contributed by atoms with Crippen molar-refractivity contribution in [3.8, 4) is 11.1 Å². The Morgan fingerprint density at radius 2 is 1.54 bits per heavy atom. The fourth-order valence-corrected chi connectivity index (χ4v) is 2.69. The number of hydrogen-bond acceptors (Lipinski definition) is 3. The number of halogens is 2. The minimum absolute atomic E-state index is 0. The summed E-state index contributed by atoms with van der Waals surface area (Å²) in [4.78, 5) is 16.0. The van der Waals surface area contributed by atoms with Crippen LogP contribution in [0.25, 0.3) is 11.1 Å². The lowest BCUT2D eigenvalue weighted by Gasteiger charge is -2.15. The smallest absolute Gasteiger partial charge is 0.220 e. The number of pyridine rings is 1. The van der Waals surface area contributed by atoms with Crippen molar-refractivity contribution in [2.75, 3.05) is 6.54 Å².